The van der Waals surface area contributed by atoms with Crippen molar-refractivity contribution in [2.45, 2.75) is 0 Å². The summed E-state index contributed by atoms with van der Waals surface area (Å²) in [7, 11) is 1.57. The van der Waals surface area contributed by atoms with Crippen LogP contribution in [-0.2, 0) is 0 Å². The van der Waals surface area contributed by atoms with Crippen molar-refractivity contribution in [3.05, 3.63) is 70.6 Å². The molecule has 0 aliphatic rings. The molecule has 3 aromatic rings. The number of hydrogen-bond donors (Lipinski definition) is 0. The second kappa shape index (κ2) is 6.36. The highest BCUT2D eigenvalue weighted by molar-refractivity contribution is 5.97. The number of ether oxygens (including phenoxy) is 2. The Morgan fingerprint density at radius 3 is 2.48 bits per heavy atom. The molecule has 0 atom stereocenters. The number of methoxy groups -OCH3 is 1. The fourth-order valence-corrected chi connectivity index (χ4v) is 2.15. The van der Waals surface area contributed by atoms with Crippen molar-refractivity contribution in [2.24, 2.45) is 0 Å². The van der Waals surface area contributed by atoms with Crippen LogP contribution in [0.15, 0.2) is 63.8 Å². The van der Waals surface area contributed by atoms with Gasteiger partial charge in [-0.25, -0.2) is 4.79 Å². The number of hydrogen-bond acceptors (Lipinski definition) is 5. The van der Waals surface area contributed by atoms with Gasteiger partial charge >= 0.3 is 5.63 Å². The van der Waals surface area contributed by atoms with Crippen molar-refractivity contribution in [1.29, 1.82) is 0 Å². The van der Waals surface area contributed by atoms with E-state index >= 15 is 0 Å². The zero-order valence-electron chi connectivity index (χ0n) is 12.4. The van der Waals surface area contributed by atoms with E-state index in [1.165, 1.54) is 6.07 Å². The Balaban J connectivity index is 1.70. The van der Waals surface area contributed by atoms with Gasteiger partial charge in [-0.3, -0.25) is 4.79 Å². The Bertz CT molecular complexity index is 893. The minimum Gasteiger partial charge on any atom is -0.497 e. The van der Waals surface area contributed by atoms with Crippen molar-refractivity contribution in [3.63, 3.8) is 0 Å². The molecule has 1 aromatic heterocycles. The number of Topliss-reactive ketones (excluding diaryl/α,β-unsaturated/α-hetero) is 1. The predicted octanol–water partition coefficient (Wildman–Crippen LogP) is 3.06. The van der Waals surface area contributed by atoms with Gasteiger partial charge in [0.05, 0.1) is 7.11 Å². The number of carbonyl (C=O) groups is 1. The molecule has 0 bridgehead atoms. The second-order valence-corrected chi connectivity index (χ2v) is 4.89. The van der Waals surface area contributed by atoms with Crippen LogP contribution in [0.25, 0.3) is 11.0 Å². The maximum Gasteiger partial charge on any atom is 0.336 e. The van der Waals surface area contributed by atoms with E-state index in [9.17, 15) is 9.59 Å². The zero-order valence-corrected chi connectivity index (χ0v) is 12.4. The Morgan fingerprint density at radius 2 is 1.74 bits per heavy atom. The van der Waals surface area contributed by atoms with Gasteiger partial charge in [0.15, 0.2) is 12.4 Å². The summed E-state index contributed by atoms with van der Waals surface area (Å²) >= 11 is 0. The summed E-state index contributed by atoms with van der Waals surface area (Å²) in [6.07, 6.45) is 0. The van der Waals surface area contributed by atoms with Crippen LogP contribution >= 0.6 is 0 Å². The molecule has 116 valence electrons. The van der Waals surface area contributed by atoms with Crippen molar-refractivity contribution in [1.82, 2.24) is 0 Å². The molecule has 5 nitrogen and oxygen atoms in total. The third-order valence-corrected chi connectivity index (χ3v) is 3.37. The third-order valence-electron chi connectivity index (χ3n) is 3.37. The van der Waals surface area contributed by atoms with Gasteiger partial charge < -0.3 is 13.9 Å². The first kappa shape index (κ1) is 14.8. The molecule has 0 saturated heterocycles. The molecular weight excluding hydrogens is 296 g/mol. The van der Waals surface area contributed by atoms with E-state index in [0.717, 1.165) is 5.39 Å². The van der Waals surface area contributed by atoms with Gasteiger partial charge in [-0.15, -0.1) is 0 Å². The molecule has 0 radical (unpaired) electrons. The van der Waals surface area contributed by atoms with Crippen molar-refractivity contribution in [2.75, 3.05) is 13.7 Å². The number of ketones is 1. The molecular formula is C18H14O5. The largest absolute Gasteiger partial charge is 0.497 e. The molecule has 2 aromatic carbocycles. The molecule has 0 spiro atoms. The van der Waals surface area contributed by atoms with E-state index in [1.54, 1.807) is 55.6 Å². The molecule has 0 N–H and O–H groups in total. The molecule has 0 aliphatic carbocycles. The lowest BCUT2D eigenvalue weighted by Gasteiger charge is -2.07. The van der Waals surface area contributed by atoms with Gasteiger partial charge in [0.1, 0.15) is 17.1 Å². The van der Waals surface area contributed by atoms with Gasteiger partial charge in [0.2, 0.25) is 0 Å². The molecule has 3 rings (SSSR count). The van der Waals surface area contributed by atoms with Crippen molar-refractivity contribution < 1.29 is 18.7 Å². The van der Waals surface area contributed by atoms with Crippen LogP contribution in [0.2, 0.25) is 0 Å². The van der Waals surface area contributed by atoms with Crippen molar-refractivity contribution in [3.8, 4) is 11.5 Å². The monoisotopic (exact) mass is 310 g/mol. The Hall–Kier alpha value is -3.08. The number of fused-ring (bicyclic) bond motifs is 1. The molecule has 1 heterocycles. The number of benzene rings is 2. The van der Waals surface area contributed by atoms with Crippen LogP contribution in [0.1, 0.15) is 10.4 Å². The SMILES string of the molecule is COc1ccc(C(=O)COc2ccc3oc(=O)ccc3c2)cc1. The summed E-state index contributed by atoms with van der Waals surface area (Å²) in [6.45, 7) is -0.0748. The third kappa shape index (κ3) is 3.40. The van der Waals surface area contributed by atoms with Crippen LogP contribution in [0.5, 0.6) is 11.5 Å². The average Bonchev–Trinajstić information content (AvgIpc) is 2.59. The topological polar surface area (TPSA) is 65.7 Å². The first-order valence-electron chi connectivity index (χ1n) is 7.00. The Morgan fingerprint density at radius 1 is 1.00 bits per heavy atom. The van der Waals surface area contributed by atoms with Crippen molar-refractivity contribution >= 4 is 16.8 Å². The first-order valence-corrected chi connectivity index (χ1v) is 7.00. The molecule has 0 amide bonds. The number of carbonyl (C=O) groups excluding carboxylic acids is 1. The molecule has 0 aliphatic heterocycles. The van der Waals surface area contributed by atoms with E-state index in [0.29, 0.717) is 22.6 Å². The van der Waals surface area contributed by atoms with E-state index in [-0.39, 0.29) is 12.4 Å². The van der Waals surface area contributed by atoms with E-state index in [4.69, 9.17) is 13.9 Å². The maximum atomic E-state index is 12.1. The second-order valence-electron chi connectivity index (χ2n) is 4.89. The van der Waals surface area contributed by atoms with E-state index < -0.39 is 5.63 Å². The maximum absolute atomic E-state index is 12.1. The standard InChI is InChI=1S/C18H14O5/c1-21-14-5-2-12(3-6-14)16(19)11-22-15-7-8-17-13(10-15)4-9-18(20)23-17/h2-10H,11H2,1H3. The smallest absolute Gasteiger partial charge is 0.336 e. The zero-order chi connectivity index (χ0) is 16.2. The average molecular weight is 310 g/mol. The molecule has 0 fully saturated rings. The summed E-state index contributed by atoms with van der Waals surface area (Å²) < 4.78 is 15.6. The summed E-state index contributed by atoms with van der Waals surface area (Å²) in [5.41, 5.74) is 0.629. The lowest BCUT2D eigenvalue weighted by molar-refractivity contribution is 0.0921. The highest BCUT2D eigenvalue weighted by Gasteiger charge is 2.08. The number of rotatable bonds is 5. The van der Waals surface area contributed by atoms with Gasteiger partial charge in [-0.2, -0.15) is 0 Å². The van der Waals surface area contributed by atoms with Crippen LogP contribution in [0.3, 0.4) is 0 Å². The lowest BCUT2D eigenvalue weighted by atomic mass is 10.1. The van der Waals surface area contributed by atoms with Crippen LogP contribution in [0, 0.1) is 0 Å². The van der Waals surface area contributed by atoms with E-state index in [2.05, 4.69) is 0 Å². The normalized spacial score (nSPS) is 10.5. The molecule has 5 heteroatoms. The minimum atomic E-state index is -0.402. The molecule has 0 unspecified atom stereocenters. The summed E-state index contributed by atoms with van der Waals surface area (Å²) in [6, 6.07) is 14.9. The quantitative estimate of drug-likeness (QED) is 0.535. The van der Waals surface area contributed by atoms with Gasteiger partial charge in [0, 0.05) is 17.0 Å². The van der Waals surface area contributed by atoms with Crippen LogP contribution in [-0.4, -0.2) is 19.5 Å². The lowest BCUT2D eigenvalue weighted by Crippen LogP contribution is -2.11. The summed E-state index contributed by atoms with van der Waals surface area (Å²) in [5, 5.41) is 0.735. The highest BCUT2D eigenvalue weighted by Crippen LogP contribution is 2.20. The molecule has 0 saturated carbocycles. The minimum absolute atomic E-state index is 0.0748. The highest BCUT2D eigenvalue weighted by atomic mass is 16.5. The summed E-state index contributed by atoms with van der Waals surface area (Å²) in [5.74, 6) is 1.10. The Labute approximate surface area is 132 Å². The van der Waals surface area contributed by atoms with Crippen LogP contribution < -0.4 is 15.1 Å². The van der Waals surface area contributed by atoms with Gasteiger partial charge in [0.25, 0.3) is 0 Å². The van der Waals surface area contributed by atoms with E-state index in [1.807, 2.05) is 0 Å². The first-order chi connectivity index (χ1) is 11.2. The van der Waals surface area contributed by atoms with Gasteiger partial charge in [-0.05, 0) is 48.5 Å². The fourth-order valence-electron chi connectivity index (χ4n) is 2.15. The molecule has 23 heavy (non-hydrogen) atoms. The van der Waals surface area contributed by atoms with Gasteiger partial charge in [-0.1, -0.05) is 0 Å². The summed E-state index contributed by atoms with van der Waals surface area (Å²) in [4.78, 5) is 23.2. The Kier molecular flexibility index (Phi) is 4.10. The van der Waals surface area contributed by atoms with Crippen LogP contribution in [0.4, 0.5) is 0 Å². The fraction of sp³-hybridized carbons (Fsp3) is 0.111. The predicted molar refractivity (Wildman–Crippen MR) is 85.3 cm³/mol.